The Morgan fingerprint density at radius 1 is 1.41 bits per heavy atom. The Morgan fingerprint density at radius 3 is 2.94 bits per heavy atom. The molecule has 0 saturated carbocycles. The Kier molecular flexibility index (Phi) is 4.34. The quantitative estimate of drug-likeness (QED) is 0.790. The van der Waals surface area contributed by atoms with Crippen molar-refractivity contribution in [2.24, 2.45) is 0 Å². The van der Waals surface area contributed by atoms with Crippen LogP contribution in [-0.2, 0) is 0 Å². The van der Waals surface area contributed by atoms with Crippen molar-refractivity contribution in [1.29, 1.82) is 0 Å². The van der Waals surface area contributed by atoms with E-state index in [0.29, 0.717) is 0 Å². The molecular weight excluding hydrogens is 298 g/mol. The van der Waals surface area contributed by atoms with Gasteiger partial charge in [0.15, 0.2) is 0 Å². The first-order chi connectivity index (χ1) is 8.27. The lowest BCUT2D eigenvalue weighted by molar-refractivity contribution is 0.788. The van der Waals surface area contributed by atoms with Gasteiger partial charge >= 0.3 is 0 Å². The van der Waals surface area contributed by atoms with Gasteiger partial charge in [0.2, 0.25) is 0 Å². The van der Waals surface area contributed by atoms with E-state index >= 15 is 0 Å². The van der Waals surface area contributed by atoms with Crippen LogP contribution in [0.4, 0.5) is 5.82 Å². The van der Waals surface area contributed by atoms with Crippen LogP contribution in [-0.4, -0.2) is 28.4 Å². The molecule has 2 heterocycles. The molecule has 0 unspecified atom stereocenters. The predicted octanol–water partition coefficient (Wildman–Crippen LogP) is 3.61. The molecule has 0 amide bonds. The van der Waals surface area contributed by atoms with Gasteiger partial charge in [-0.3, -0.25) is 0 Å². The molecule has 0 aromatic carbocycles. The van der Waals surface area contributed by atoms with E-state index in [1.165, 1.54) is 10.3 Å². The highest BCUT2D eigenvalue weighted by Crippen LogP contribution is 2.30. The van der Waals surface area contributed by atoms with Crippen molar-refractivity contribution >= 4 is 43.3 Å². The number of alkyl halides is 1. The monoisotopic (exact) mass is 313 g/mol. The van der Waals surface area contributed by atoms with Crippen molar-refractivity contribution in [2.45, 2.75) is 20.3 Å². The summed E-state index contributed by atoms with van der Waals surface area (Å²) < 4.78 is 1.21. The van der Waals surface area contributed by atoms with Crippen LogP contribution in [0.25, 0.3) is 10.2 Å². The number of aryl methyl sites for hydroxylation is 1. The van der Waals surface area contributed by atoms with E-state index < -0.39 is 0 Å². The summed E-state index contributed by atoms with van der Waals surface area (Å²) in [7, 11) is 0. The molecule has 2 aromatic rings. The third-order valence-corrected chi connectivity index (χ3v) is 4.40. The number of fused-ring (bicyclic) bond motifs is 1. The van der Waals surface area contributed by atoms with Gasteiger partial charge in [-0.05, 0) is 31.2 Å². The minimum absolute atomic E-state index is 0.982. The third kappa shape index (κ3) is 2.60. The largest absolute Gasteiger partial charge is 0.356 e. The Morgan fingerprint density at radius 2 is 2.24 bits per heavy atom. The lowest BCUT2D eigenvalue weighted by Crippen LogP contribution is -2.25. The topological polar surface area (TPSA) is 29.0 Å². The highest BCUT2D eigenvalue weighted by atomic mass is 79.9. The van der Waals surface area contributed by atoms with E-state index in [4.69, 9.17) is 0 Å². The second-order valence-electron chi connectivity index (χ2n) is 3.92. The number of hydrogen-bond donors (Lipinski definition) is 0. The zero-order valence-corrected chi connectivity index (χ0v) is 12.5. The van der Waals surface area contributed by atoms with Gasteiger partial charge < -0.3 is 4.90 Å². The molecule has 5 heteroatoms. The number of anilines is 1. The molecule has 2 aromatic heterocycles. The van der Waals surface area contributed by atoms with E-state index in [1.54, 1.807) is 17.7 Å². The fourth-order valence-electron chi connectivity index (χ4n) is 1.85. The fourth-order valence-corrected chi connectivity index (χ4v) is 3.12. The van der Waals surface area contributed by atoms with Gasteiger partial charge in [0, 0.05) is 18.4 Å². The molecule has 0 saturated heterocycles. The van der Waals surface area contributed by atoms with Crippen molar-refractivity contribution in [3.8, 4) is 0 Å². The molecular formula is C12H16BrN3S. The summed E-state index contributed by atoms with van der Waals surface area (Å²) >= 11 is 5.22. The van der Waals surface area contributed by atoms with Crippen molar-refractivity contribution in [3.05, 3.63) is 17.3 Å². The van der Waals surface area contributed by atoms with E-state index in [1.807, 2.05) is 0 Å². The Labute approximate surface area is 114 Å². The van der Waals surface area contributed by atoms with Crippen molar-refractivity contribution < 1.29 is 0 Å². The van der Waals surface area contributed by atoms with Crippen LogP contribution in [0.2, 0.25) is 0 Å². The maximum absolute atomic E-state index is 4.45. The highest BCUT2D eigenvalue weighted by Gasteiger charge is 2.13. The van der Waals surface area contributed by atoms with Gasteiger partial charge in [-0.2, -0.15) is 0 Å². The Balaban J connectivity index is 2.39. The fraction of sp³-hybridized carbons (Fsp3) is 0.500. The van der Waals surface area contributed by atoms with E-state index in [0.717, 1.165) is 36.2 Å². The molecule has 0 spiro atoms. The number of hydrogen-bond acceptors (Lipinski definition) is 4. The Bertz CT molecular complexity index is 497. The third-order valence-electron chi connectivity index (χ3n) is 2.76. The average Bonchev–Trinajstić information content (AvgIpc) is 2.73. The number of halogens is 1. The zero-order chi connectivity index (χ0) is 12.3. The van der Waals surface area contributed by atoms with Crippen molar-refractivity contribution in [3.63, 3.8) is 0 Å². The predicted molar refractivity (Wildman–Crippen MR) is 78.5 cm³/mol. The normalized spacial score (nSPS) is 11.0. The van der Waals surface area contributed by atoms with Crippen molar-refractivity contribution in [2.75, 3.05) is 23.3 Å². The number of rotatable bonds is 5. The molecule has 0 aliphatic rings. The lowest BCUT2D eigenvalue weighted by Gasteiger charge is -2.21. The number of thiophene rings is 1. The second-order valence-corrected chi connectivity index (χ2v) is 5.59. The maximum Gasteiger partial charge on any atom is 0.150 e. The SMILES string of the molecule is CCN(CCCBr)c1ncnc2c(C)csc12. The molecule has 0 aliphatic carbocycles. The van der Waals surface area contributed by atoms with Gasteiger partial charge in [-0.15, -0.1) is 11.3 Å². The van der Waals surface area contributed by atoms with Crippen LogP contribution >= 0.6 is 27.3 Å². The summed E-state index contributed by atoms with van der Waals surface area (Å²) in [4.78, 5) is 11.1. The van der Waals surface area contributed by atoms with Crippen molar-refractivity contribution in [1.82, 2.24) is 9.97 Å². The number of nitrogens with zero attached hydrogens (tertiary/aromatic N) is 3. The average molecular weight is 314 g/mol. The second kappa shape index (κ2) is 5.78. The summed E-state index contributed by atoms with van der Waals surface area (Å²) in [6, 6.07) is 0. The maximum atomic E-state index is 4.45. The van der Waals surface area contributed by atoms with Crippen LogP contribution in [0.1, 0.15) is 18.9 Å². The molecule has 0 atom stereocenters. The first kappa shape index (κ1) is 12.8. The van der Waals surface area contributed by atoms with Gasteiger partial charge in [0.05, 0.1) is 10.2 Å². The summed E-state index contributed by atoms with van der Waals surface area (Å²) in [6.45, 7) is 6.29. The Hall–Kier alpha value is -0.680. The van der Waals surface area contributed by atoms with E-state index in [-0.39, 0.29) is 0 Å². The van der Waals surface area contributed by atoms with Crippen LogP contribution in [0.5, 0.6) is 0 Å². The van der Waals surface area contributed by atoms with Crippen LogP contribution < -0.4 is 4.90 Å². The zero-order valence-electron chi connectivity index (χ0n) is 10.1. The minimum Gasteiger partial charge on any atom is -0.356 e. The molecule has 0 bridgehead atoms. The van der Waals surface area contributed by atoms with Crippen LogP contribution in [0, 0.1) is 6.92 Å². The highest BCUT2D eigenvalue weighted by molar-refractivity contribution is 9.09. The molecule has 3 nitrogen and oxygen atoms in total. The minimum atomic E-state index is 0.982. The van der Waals surface area contributed by atoms with Gasteiger partial charge in [-0.1, -0.05) is 15.9 Å². The first-order valence-electron chi connectivity index (χ1n) is 5.77. The lowest BCUT2D eigenvalue weighted by atomic mass is 10.3. The molecule has 0 aliphatic heterocycles. The number of aromatic nitrogens is 2. The summed E-state index contributed by atoms with van der Waals surface area (Å²) in [5.41, 5.74) is 2.34. The summed E-state index contributed by atoms with van der Waals surface area (Å²) in [6.07, 6.45) is 2.80. The molecule has 0 fully saturated rings. The van der Waals surface area contributed by atoms with Crippen LogP contribution in [0.15, 0.2) is 11.7 Å². The first-order valence-corrected chi connectivity index (χ1v) is 7.77. The van der Waals surface area contributed by atoms with Gasteiger partial charge in [-0.25, -0.2) is 9.97 Å². The molecule has 0 N–H and O–H groups in total. The standard InChI is InChI=1S/C12H16BrN3S/c1-3-16(6-4-5-13)12-11-10(14-8-15-12)9(2)7-17-11/h7-8H,3-6H2,1-2H3. The molecule has 2 rings (SSSR count). The van der Waals surface area contributed by atoms with Gasteiger partial charge in [0.1, 0.15) is 12.1 Å². The molecule has 0 radical (unpaired) electrons. The summed E-state index contributed by atoms with van der Waals surface area (Å²) in [5.74, 6) is 1.08. The van der Waals surface area contributed by atoms with Gasteiger partial charge in [0.25, 0.3) is 0 Å². The molecule has 92 valence electrons. The summed E-state index contributed by atoms with van der Waals surface area (Å²) in [5, 5.41) is 3.18. The smallest absolute Gasteiger partial charge is 0.150 e. The molecule has 17 heavy (non-hydrogen) atoms. The van der Waals surface area contributed by atoms with E-state index in [2.05, 4.69) is 50.0 Å². The van der Waals surface area contributed by atoms with Crippen LogP contribution in [0.3, 0.4) is 0 Å². The van der Waals surface area contributed by atoms with E-state index in [9.17, 15) is 0 Å².